The van der Waals surface area contributed by atoms with E-state index in [1.807, 2.05) is 12.1 Å². The van der Waals surface area contributed by atoms with E-state index in [0.29, 0.717) is 27.4 Å². The molecule has 0 bridgehead atoms. The number of fused-ring (bicyclic) bond motifs is 1. The Morgan fingerprint density at radius 2 is 1.84 bits per heavy atom. The normalized spacial score (nSPS) is 11.5. The van der Waals surface area contributed by atoms with Crippen LogP contribution < -0.4 is 15.2 Å². The number of anilines is 2. The Balaban J connectivity index is 1.76. The smallest absolute Gasteiger partial charge is 0.264 e. The van der Waals surface area contributed by atoms with Crippen molar-refractivity contribution in [1.29, 1.82) is 0 Å². The van der Waals surface area contributed by atoms with E-state index in [1.165, 1.54) is 19.4 Å². The SMILES string of the molecule is COc1ncc(-c2ccc3nc(N)c(Br)cc3c2)cc1NS(=O)(=O)c1ccc(F)cc1F. The molecular weight excluding hydrogens is 506 g/mol. The number of ether oxygens (including phenoxy) is 1. The van der Waals surface area contributed by atoms with Crippen LogP contribution in [0.25, 0.3) is 22.0 Å². The first-order valence-corrected chi connectivity index (χ1v) is 11.3. The molecule has 0 amide bonds. The average molecular weight is 521 g/mol. The van der Waals surface area contributed by atoms with Crippen molar-refractivity contribution >= 4 is 48.4 Å². The fourth-order valence-corrected chi connectivity index (χ4v) is 4.53. The van der Waals surface area contributed by atoms with Gasteiger partial charge >= 0.3 is 0 Å². The summed E-state index contributed by atoms with van der Waals surface area (Å²) in [4.78, 5) is 7.74. The second-order valence-corrected chi connectivity index (χ2v) is 9.23. The summed E-state index contributed by atoms with van der Waals surface area (Å²) >= 11 is 3.35. The standard InChI is InChI=1S/C21H15BrF2N4O3S/c1-31-21-18(28-32(29,30)19-5-3-14(23)9-16(19)24)8-13(10-26-21)11-2-4-17-12(6-11)7-15(22)20(25)27-17/h2-10,28H,1H3,(H2,25,27). The van der Waals surface area contributed by atoms with Gasteiger partial charge in [-0.3, -0.25) is 4.72 Å². The lowest BCUT2D eigenvalue weighted by atomic mass is 10.0. The lowest BCUT2D eigenvalue weighted by Crippen LogP contribution is -2.15. The van der Waals surface area contributed by atoms with E-state index in [1.54, 1.807) is 12.1 Å². The van der Waals surface area contributed by atoms with Gasteiger partial charge in [-0.1, -0.05) is 6.07 Å². The maximum atomic E-state index is 14.1. The number of nitrogens with zero attached hydrogens (tertiary/aromatic N) is 2. The van der Waals surface area contributed by atoms with Gasteiger partial charge in [0.25, 0.3) is 10.0 Å². The van der Waals surface area contributed by atoms with Gasteiger partial charge in [0.2, 0.25) is 5.88 Å². The van der Waals surface area contributed by atoms with Crippen molar-refractivity contribution < 1.29 is 21.9 Å². The van der Waals surface area contributed by atoms with Gasteiger partial charge in [0, 0.05) is 23.2 Å². The first kappa shape index (κ1) is 21.9. The summed E-state index contributed by atoms with van der Waals surface area (Å²) in [5.41, 5.74) is 7.78. The van der Waals surface area contributed by atoms with E-state index in [0.717, 1.165) is 23.1 Å². The van der Waals surface area contributed by atoms with Gasteiger partial charge in [0.05, 0.1) is 17.1 Å². The van der Waals surface area contributed by atoms with Gasteiger partial charge in [-0.2, -0.15) is 0 Å². The number of methoxy groups -OCH3 is 1. The van der Waals surface area contributed by atoms with E-state index in [-0.39, 0.29) is 11.6 Å². The number of nitrogen functional groups attached to an aromatic ring is 1. The minimum Gasteiger partial charge on any atom is -0.480 e. The van der Waals surface area contributed by atoms with E-state index < -0.39 is 26.6 Å². The van der Waals surface area contributed by atoms with Crippen LogP contribution in [0.2, 0.25) is 0 Å². The Morgan fingerprint density at radius 1 is 1.06 bits per heavy atom. The van der Waals surface area contributed by atoms with Crippen LogP contribution in [0.1, 0.15) is 0 Å². The molecule has 2 heterocycles. The average Bonchev–Trinajstić information content (AvgIpc) is 2.73. The van der Waals surface area contributed by atoms with Crippen molar-refractivity contribution in [1.82, 2.24) is 9.97 Å². The molecule has 32 heavy (non-hydrogen) atoms. The molecule has 0 saturated carbocycles. The minimum atomic E-state index is -4.38. The zero-order valence-electron chi connectivity index (χ0n) is 16.4. The number of hydrogen-bond acceptors (Lipinski definition) is 6. The van der Waals surface area contributed by atoms with Crippen molar-refractivity contribution in [3.05, 3.63) is 70.8 Å². The third kappa shape index (κ3) is 4.21. The summed E-state index contributed by atoms with van der Waals surface area (Å²) in [5.74, 6) is -1.76. The second kappa shape index (κ2) is 8.32. The number of rotatable bonds is 5. The third-order valence-electron chi connectivity index (χ3n) is 4.60. The highest BCUT2D eigenvalue weighted by Crippen LogP contribution is 2.32. The Hall–Kier alpha value is -3.31. The lowest BCUT2D eigenvalue weighted by molar-refractivity contribution is 0.400. The Morgan fingerprint density at radius 3 is 2.56 bits per heavy atom. The van der Waals surface area contributed by atoms with Gasteiger partial charge in [-0.15, -0.1) is 0 Å². The molecule has 0 aliphatic rings. The number of nitrogens with one attached hydrogen (secondary N) is 1. The van der Waals surface area contributed by atoms with Crippen LogP contribution in [-0.4, -0.2) is 25.5 Å². The fourth-order valence-electron chi connectivity index (χ4n) is 3.08. The number of aromatic nitrogens is 2. The molecule has 164 valence electrons. The molecule has 0 spiro atoms. The van der Waals surface area contributed by atoms with Crippen LogP contribution in [-0.2, 0) is 10.0 Å². The molecule has 0 fully saturated rings. The minimum absolute atomic E-state index is 0.00886. The highest BCUT2D eigenvalue weighted by molar-refractivity contribution is 9.10. The van der Waals surface area contributed by atoms with Crippen LogP contribution in [0.4, 0.5) is 20.3 Å². The maximum Gasteiger partial charge on any atom is 0.264 e. The predicted octanol–water partition coefficient (Wildman–Crippen LogP) is 4.73. The third-order valence-corrected chi connectivity index (χ3v) is 6.63. The first-order chi connectivity index (χ1) is 15.2. The van der Waals surface area contributed by atoms with Crippen LogP contribution in [0, 0.1) is 11.6 Å². The quantitative estimate of drug-likeness (QED) is 0.394. The molecule has 7 nitrogen and oxygen atoms in total. The molecule has 3 N–H and O–H groups in total. The van der Waals surface area contributed by atoms with Crippen LogP contribution >= 0.6 is 15.9 Å². The van der Waals surface area contributed by atoms with Crippen molar-refractivity contribution in [2.75, 3.05) is 17.6 Å². The predicted molar refractivity (Wildman–Crippen MR) is 121 cm³/mol. The number of sulfonamides is 1. The summed E-state index contributed by atoms with van der Waals surface area (Å²) < 4.78 is 60.7. The summed E-state index contributed by atoms with van der Waals surface area (Å²) in [6, 6.07) is 10.9. The number of benzene rings is 2. The molecule has 0 unspecified atom stereocenters. The Labute approximate surface area is 190 Å². The molecule has 0 aliphatic heterocycles. The zero-order valence-corrected chi connectivity index (χ0v) is 18.8. The largest absolute Gasteiger partial charge is 0.480 e. The number of nitrogens with two attached hydrogens (primary N) is 1. The summed E-state index contributed by atoms with van der Waals surface area (Å²) in [6.07, 6.45) is 1.51. The van der Waals surface area contributed by atoms with Crippen molar-refractivity contribution in [2.45, 2.75) is 4.90 Å². The number of pyridine rings is 2. The monoisotopic (exact) mass is 520 g/mol. The maximum absolute atomic E-state index is 14.1. The molecule has 0 saturated heterocycles. The first-order valence-electron chi connectivity index (χ1n) is 9.06. The molecule has 2 aromatic carbocycles. The van der Waals surface area contributed by atoms with Gasteiger partial charge in [0.15, 0.2) is 0 Å². The molecule has 2 aromatic heterocycles. The molecule has 0 atom stereocenters. The number of hydrogen-bond donors (Lipinski definition) is 2. The van der Waals surface area contributed by atoms with Crippen LogP contribution in [0.5, 0.6) is 5.88 Å². The van der Waals surface area contributed by atoms with Crippen molar-refractivity contribution in [2.24, 2.45) is 0 Å². The van der Waals surface area contributed by atoms with Gasteiger partial charge in [-0.05, 0) is 57.9 Å². The molecule has 11 heteroatoms. The summed E-state index contributed by atoms with van der Waals surface area (Å²) in [6.45, 7) is 0. The molecule has 0 aliphatic carbocycles. The molecule has 4 aromatic rings. The Kier molecular flexibility index (Phi) is 5.70. The van der Waals surface area contributed by atoms with Gasteiger partial charge in [0.1, 0.15) is 28.0 Å². The highest BCUT2D eigenvalue weighted by Gasteiger charge is 2.22. The van der Waals surface area contributed by atoms with E-state index in [4.69, 9.17) is 10.5 Å². The molecule has 0 radical (unpaired) electrons. The highest BCUT2D eigenvalue weighted by atomic mass is 79.9. The number of halogens is 3. The fraction of sp³-hybridized carbons (Fsp3) is 0.0476. The van der Waals surface area contributed by atoms with E-state index in [2.05, 4.69) is 30.6 Å². The van der Waals surface area contributed by atoms with Crippen molar-refractivity contribution in [3.63, 3.8) is 0 Å². The van der Waals surface area contributed by atoms with Crippen LogP contribution in [0.15, 0.2) is 64.1 Å². The van der Waals surface area contributed by atoms with Crippen molar-refractivity contribution in [3.8, 4) is 17.0 Å². The van der Waals surface area contributed by atoms with E-state index >= 15 is 0 Å². The Bertz CT molecular complexity index is 1470. The summed E-state index contributed by atoms with van der Waals surface area (Å²) in [7, 11) is -3.06. The zero-order chi connectivity index (χ0) is 23.0. The van der Waals surface area contributed by atoms with Crippen LogP contribution in [0.3, 0.4) is 0 Å². The molecular formula is C21H15BrF2N4O3S. The van der Waals surface area contributed by atoms with Gasteiger partial charge < -0.3 is 10.5 Å². The summed E-state index contributed by atoms with van der Waals surface area (Å²) in [5, 5.41) is 0.801. The lowest BCUT2D eigenvalue weighted by Gasteiger charge is -2.13. The topological polar surface area (TPSA) is 107 Å². The van der Waals surface area contributed by atoms with E-state index in [9.17, 15) is 17.2 Å². The molecule has 4 rings (SSSR count). The van der Waals surface area contributed by atoms with Gasteiger partial charge in [-0.25, -0.2) is 27.2 Å². The second-order valence-electron chi connectivity index (χ2n) is 6.72.